The lowest BCUT2D eigenvalue weighted by Crippen LogP contribution is -2.41. The van der Waals surface area contributed by atoms with Crippen molar-refractivity contribution in [3.63, 3.8) is 0 Å². The Labute approximate surface area is 191 Å². The van der Waals surface area contributed by atoms with Gasteiger partial charge in [0.15, 0.2) is 0 Å². The second kappa shape index (κ2) is 11.2. The van der Waals surface area contributed by atoms with Crippen molar-refractivity contribution in [1.82, 2.24) is 5.32 Å². The average molecular weight is 456 g/mol. The summed E-state index contributed by atoms with van der Waals surface area (Å²) in [6, 6.07) is 18.8. The van der Waals surface area contributed by atoms with Crippen LogP contribution in [0.25, 0.3) is 0 Å². The average Bonchev–Trinajstić information content (AvgIpc) is 2.79. The normalized spacial score (nSPS) is 10.3. The van der Waals surface area contributed by atoms with Gasteiger partial charge in [0.25, 0.3) is 5.91 Å². The standard InChI is InChI=1S/C24H23ClFN3O3/c1-2-32-20-13-9-18(10-14-20)28-24(31)29(19-11-7-17(26)8-12-19)16-15-27-23(30)21-5-3-4-6-22(21)25/h3-14H,2,15-16H2,1H3,(H,27,30)(H,28,31). The molecule has 0 saturated heterocycles. The molecule has 6 nitrogen and oxygen atoms in total. The molecule has 2 N–H and O–H groups in total. The van der Waals surface area contributed by atoms with Gasteiger partial charge in [-0.05, 0) is 67.6 Å². The summed E-state index contributed by atoms with van der Waals surface area (Å²) in [5, 5.41) is 5.90. The lowest BCUT2D eigenvalue weighted by atomic mass is 10.2. The van der Waals surface area contributed by atoms with E-state index in [-0.39, 0.29) is 19.0 Å². The smallest absolute Gasteiger partial charge is 0.326 e. The monoisotopic (exact) mass is 455 g/mol. The molecule has 3 rings (SSSR count). The van der Waals surface area contributed by atoms with Crippen LogP contribution in [0.1, 0.15) is 17.3 Å². The van der Waals surface area contributed by atoms with Crippen molar-refractivity contribution in [3.8, 4) is 5.75 Å². The molecule has 8 heteroatoms. The second-order valence-electron chi connectivity index (χ2n) is 6.75. The Hall–Kier alpha value is -3.58. The van der Waals surface area contributed by atoms with Crippen LogP contribution >= 0.6 is 11.6 Å². The Morgan fingerprint density at radius 1 is 1.00 bits per heavy atom. The third kappa shape index (κ3) is 6.21. The van der Waals surface area contributed by atoms with E-state index in [1.165, 1.54) is 29.2 Å². The number of anilines is 2. The molecule has 0 fully saturated rings. The van der Waals surface area contributed by atoms with Gasteiger partial charge in [0.05, 0.1) is 17.2 Å². The molecule has 0 aliphatic rings. The third-order valence-electron chi connectivity index (χ3n) is 4.54. The number of nitrogens with zero attached hydrogens (tertiary/aromatic N) is 1. The predicted octanol–water partition coefficient (Wildman–Crippen LogP) is 5.35. The Balaban J connectivity index is 1.69. The Bertz CT molecular complexity index is 1060. The van der Waals surface area contributed by atoms with Crippen LogP contribution in [-0.2, 0) is 0 Å². The number of hydrogen-bond acceptors (Lipinski definition) is 3. The van der Waals surface area contributed by atoms with Gasteiger partial charge in [0, 0.05) is 24.5 Å². The molecule has 3 amide bonds. The van der Waals surface area contributed by atoms with Crippen LogP contribution in [0.5, 0.6) is 5.75 Å². The van der Waals surface area contributed by atoms with Gasteiger partial charge in [-0.3, -0.25) is 9.69 Å². The molecule has 3 aromatic rings. The summed E-state index contributed by atoms with van der Waals surface area (Å²) in [7, 11) is 0. The zero-order valence-corrected chi connectivity index (χ0v) is 18.2. The van der Waals surface area contributed by atoms with Gasteiger partial charge in [-0.2, -0.15) is 0 Å². The Morgan fingerprint density at radius 2 is 1.69 bits per heavy atom. The molecule has 0 heterocycles. The minimum atomic E-state index is -0.423. The van der Waals surface area contributed by atoms with Gasteiger partial charge in [-0.1, -0.05) is 23.7 Å². The quantitative estimate of drug-likeness (QED) is 0.481. The van der Waals surface area contributed by atoms with Crippen LogP contribution in [0, 0.1) is 5.82 Å². The summed E-state index contributed by atoms with van der Waals surface area (Å²) in [6.07, 6.45) is 0. The molecule has 0 saturated carbocycles. The maximum absolute atomic E-state index is 13.4. The van der Waals surface area contributed by atoms with Crippen molar-refractivity contribution >= 4 is 34.9 Å². The highest BCUT2D eigenvalue weighted by atomic mass is 35.5. The van der Waals surface area contributed by atoms with Gasteiger partial charge in [-0.25, -0.2) is 9.18 Å². The SMILES string of the molecule is CCOc1ccc(NC(=O)N(CCNC(=O)c2ccccc2Cl)c2ccc(F)cc2)cc1. The summed E-state index contributed by atoms with van der Waals surface area (Å²) < 4.78 is 18.8. The van der Waals surface area contributed by atoms with Crippen molar-refractivity contribution in [1.29, 1.82) is 0 Å². The first-order chi connectivity index (χ1) is 15.5. The fourth-order valence-corrected chi connectivity index (χ4v) is 3.20. The van der Waals surface area contributed by atoms with Gasteiger partial charge < -0.3 is 15.4 Å². The number of carbonyl (C=O) groups is 2. The molecular weight excluding hydrogens is 433 g/mol. The molecule has 32 heavy (non-hydrogen) atoms. The van der Waals surface area contributed by atoms with Gasteiger partial charge in [0.2, 0.25) is 0 Å². The third-order valence-corrected chi connectivity index (χ3v) is 4.87. The van der Waals surface area contributed by atoms with Crippen LogP contribution in [-0.4, -0.2) is 31.6 Å². The molecule has 0 aliphatic carbocycles. The highest BCUT2D eigenvalue weighted by molar-refractivity contribution is 6.33. The lowest BCUT2D eigenvalue weighted by Gasteiger charge is -2.23. The maximum atomic E-state index is 13.4. The molecule has 166 valence electrons. The summed E-state index contributed by atoms with van der Waals surface area (Å²) in [5.74, 6) is -0.0580. The van der Waals surface area contributed by atoms with E-state index in [0.717, 1.165) is 0 Å². The molecule has 0 radical (unpaired) electrons. The van der Waals surface area contributed by atoms with Gasteiger partial charge in [0.1, 0.15) is 11.6 Å². The summed E-state index contributed by atoms with van der Waals surface area (Å²) in [4.78, 5) is 26.8. The van der Waals surface area contributed by atoms with E-state index in [4.69, 9.17) is 16.3 Å². The number of hydrogen-bond donors (Lipinski definition) is 2. The van der Waals surface area contributed by atoms with E-state index >= 15 is 0 Å². The molecule has 0 bridgehead atoms. The minimum Gasteiger partial charge on any atom is -0.494 e. The molecular formula is C24H23ClFN3O3. The predicted molar refractivity (Wildman–Crippen MR) is 124 cm³/mol. The van der Waals surface area contributed by atoms with Crippen molar-refractivity contribution in [3.05, 3.63) is 89.2 Å². The van der Waals surface area contributed by atoms with E-state index < -0.39 is 11.8 Å². The molecule has 0 spiro atoms. The number of carbonyl (C=O) groups excluding carboxylic acids is 2. The van der Waals surface area contributed by atoms with Crippen LogP contribution in [0.3, 0.4) is 0 Å². The van der Waals surface area contributed by atoms with E-state index in [1.807, 2.05) is 6.92 Å². The zero-order valence-electron chi connectivity index (χ0n) is 17.5. The topological polar surface area (TPSA) is 70.7 Å². The first-order valence-electron chi connectivity index (χ1n) is 10.1. The highest BCUT2D eigenvalue weighted by Gasteiger charge is 2.17. The number of halogens is 2. The first kappa shape index (κ1) is 23.1. The van der Waals surface area contributed by atoms with Crippen molar-refractivity contribution in [2.75, 3.05) is 29.9 Å². The number of amides is 3. The highest BCUT2D eigenvalue weighted by Crippen LogP contribution is 2.19. The molecule has 0 aromatic heterocycles. The fraction of sp³-hybridized carbons (Fsp3) is 0.167. The summed E-state index contributed by atoms with van der Waals surface area (Å²) in [6.45, 7) is 2.76. The van der Waals surface area contributed by atoms with Crippen LogP contribution < -0.4 is 20.3 Å². The number of ether oxygens (including phenoxy) is 1. The molecule has 0 aliphatic heterocycles. The molecule has 3 aromatic carbocycles. The number of benzene rings is 3. The zero-order chi connectivity index (χ0) is 22.9. The van der Waals surface area contributed by atoms with Crippen molar-refractivity contribution in [2.24, 2.45) is 0 Å². The van der Waals surface area contributed by atoms with E-state index in [9.17, 15) is 14.0 Å². The summed E-state index contributed by atoms with van der Waals surface area (Å²) in [5.41, 5.74) is 1.41. The second-order valence-corrected chi connectivity index (χ2v) is 7.16. The maximum Gasteiger partial charge on any atom is 0.326 e. The number of nitrogens with one attached hydrogen (secondary N) is 2. The molecule has 0 unspecified atom stereocenters. The van der Waals surface area contributed by atoms with Crippen molar-refractivity contribution in [2.45, 2.75) is 6.92 Å². The Morgan fingerprint density at radius 3 is 2.34 bits per heavy atom. The lowest BCUT2D eigenvalue weighted by molar-refractivity contribution is 0.0954. The van der Waals surface area contributed by atoms with Crippen LogP contribution in [0.2, 0.25) is 5.02 Å². The van der Waals surface area contributed by atoms with Crippen LogP contribution in [0.4, 0.5) is 20.6 Å². The van der Waals surface area contributed by atoms with Gasteiger partial charge >= 0.3 is 6.03 Å². The first-order valence-corrected chi connectivity index (χ1v) is 10.5. The van der Waals surface area contributed by atoms with E-state index in [2.05, 4.69) is 10.6 Å². The number of rotatable bonds is 8. The van der Waals surface area contributed by atoms with E-state index in [1.54, 1.807) is 48.5 Å². The van der Waals surface area contributed by atoms with Crippen LogP contribution in [0.15, 0.2) is 72.8 Å². The van der Waals surface area contributed by atoms with Crippen molar-refractivity contribution < 1.29 is 18.7 Å². The largest absolute Gasteiger partial charge is 0.494 e. The Kier molecular flexibility index (Phi) is 8.05. The van der Waals surface area contributed by atoms with E-state index in [0.29, 0.717) is 34.3 Å². The summed E-state index contributed by atoms with van der Waals surface area (Å²) >= 11 is 6.06. The number of urea groups is 1. The van der Waals surface area contributed by atoms with Gasteiger partial charge in [-0.15, -0.1) is 0 Å². The fourth-order valence-electron chi connectivity index (χ4n) is 2.98. The molecule has 0 atom stereocenters. The minimum absolute atomic E-state index is 0.157.